The van der Waals surface area contributed by atoms with Gasteiger partial charge in [0.2, 0.25) is 0 Å². The first kappa shape index (κ1) is 12.0. The molecule has 1 aromatic rings. The van der Waals surface area contributed by atoms with Crippen LogP contribution in [0.2, 0.25) is 0 Å². The second-order valence-corrected chi connectivity index (χ2v) is 2.65. The first-order valence-electron chi connectivity index (χ1n) is 4.19. The summed E-state index contributed by atoms with van der Waals surface area (Å²) in [5, 5.41) is 8.76. The summed E-state index contributed by atoms with van der Waals surface area (Å²) in [7, 11) is 0. The number of ether oxygens (including phenoxy) is 1. The smallest absolute Gasteiger partial charge is 0.119 e. The molecule has 0 aliphatic rings. The molecule has 74 valence electrons. The predicted molar refractivity (Wildman–Crippen MR) is 54.9 cm³/mol. The molecule has 1 aromatic carbocycles. The van der Waals surface area contributed by atoms with Crippen molar-refractivity contribution >= 4 is 0 Å². The minimum Gasteiger partial charge on any atom is -0.494 e. The molecule has 13 heavy (non-hydrogen) atoms. The van der Waals surface area contributed by atoms with Gasteiger partial charge >= 0.3 is 0 Å². The SMILES string of the molecule is C.CCCOc1ccc(CO)cc1. The third kappa shape index (κ3) is 3.95. The van der Waals surface area contributed by atoms with Gasteiger partial charge in [0.25, 0.3) is 0 Å². The maximum absolute atomic E-state index is 8.76. The molecule has 0 fully saturated rings. The van der Waals surface area contributed by atoms with Crippen molar-refractivity contribution in [3.8, 4) is 5.75 Å². The number of benzene rings is 1. The van der Waals surface area contributed by atoms with E-state index in [4.69, 9.17) is 9.84 Å². The molecule has 0 amide bonds. The van der Waals surface area contributed by atoms with Crippen LogP contribution in [-0.2, 0) is 6.61 Å². The van der Waals surface area contributed by atoms with Crippen molar-refractivity contribution in [3.63, 3.8) is 0 Å². The molecule has 0 saturated heterocycles. The van der Waals surface area contributed by atoms with Crippen molar-refractivity contribution < 1.29 is 9.84 Å². The molecular weight excluding hydrogens is 164 g/mol. The molecule has 0 saturated carbocycles. The Morgan fingerprint density at radius 3 is 2.31 bits per heavy atom. The Hall–Kier alpha value is -1.02. The maximum atomic E-state index is 8.76. The van der Waals surface area contributed by atoms with Gasteiger partial charge in [0, 0.05) is 0 Å². The van der Waals surface area contributed by atoms with Crippen LogP contribution in [0.4, 0.5) is 0 Å². The molecule has 2 heteroatoms. The third-order valence-corrected chi connectivity index (χ3v) is 1.58. The van der Waals surface area contributed by atoms with Crippen LogP contribution >= 0.6 is 0 Å². The zero-order valence-corrected chi connectivity index (χ0v) is 7.29. The van der Waals surface area contributed by atoms with Gasteiger partial charge < -0.3 is 9.84 Å². The number of hydrogen-bond acceptors (Lipinski definition) is 2. The summed E-state index contributed by atoms with van der Waals surface area (Å²) < 4.78 is 5.37. The van der Waals surface area contributed by atoms with E-state index in [-0.39, 0.29) is 14.0 Å². The summed E-state index contributed by atoms with van der Waals surface area (Å²) in [5.74, 6) is 0.869. The fourth-order valence-corrected chi connectivity index (χ4v) is 0.911. The highest BCUT2D eigenvalue weighted by atomic mass is 16.5. The van der Waals surface area contributed by atoms with Crippen LogP contribution in [0.15, 0.2) is 24.3 Å². The fourth-order valence-electron chi connectivity index (χ4n) is 0.911. The summed E-state index contributed by atoms with van der Waals surface area (Å²) in [4.78, 5) is 0. The van der Waals surface area contributed by atoms with Gasteiger partial charge in [-0.1, -0.05) is 26.5 Å². The molecular formula is C11H18O2. The third-order valence-electron chi connectivity index (χ3n) is 1.58. The molecule has 1 rings (SSSR count). The van der Waals surface area contributed by atoms with Crippen molar-refractivity contribution in [2.24, 2.45) is 0 Å². The van der Waals surface area contributed by atoms with Crippen molar-refractivity contribution in [3.05, 3.63) is 29.8 Å². The molecule has 0 aromatic heterocycles. The van der Waals surface area contributed by atoms with Crippen LogP contribution in [-0.4, -0.2) is 11.7 Å². The molecule has 0 heterocycles. The largest absolute Gasteiger partial charge is 0.494 e. The Balaban J connectivity index is 0.00000144. The maximum Gasteiger partial charge on any atom is 0.119 e. The highest BCUT2D eigenvalue weighted by Crippen LogP contribution is 2.11. The molecule has 0 atom stereocenters. The number of rotatable bonds is 4. The molecule has 0 aliphatic heterocycles. The van der Waals surface area contributed by atoms with Gasteiger partial charge in [-0.3, -0.25) is 0 Å². The molecule has 2 nitrogen and oxygen atoms in total. The van der Waals surface area contributed by atoms with Gasteiger partial charge in [-0.2, -0.15) is 0 Å². The Morgan fingerprint density at radius 1 is 1.23 bits per heavy atom. The first-order valence-corrected chi connectivity index (χ1v) is 4.19. The van der Waals surface area contributed by atoms with E-state index >= 15 is 0 Å². The zero-order valence-electron chi connectivity index (χ0n) is 7.29. The average Bonchev–Trinajstić information content (AvgIpc) is 2.15. The van der Waals surface area contributed by atoms with Crippen LogP contribution in [0.5, 0.6) is 5.75 Å². The normalized spacial score (nSPS) is 9.08. The first-order chi connectivity index (χ1) is 5.86. The highest BCUT2D eigenvalue weighted by molar-refractivity contribution is 5.26. The van der Waals surface area contributed by atoms with Gasteiger partial charge in [-0.25, -0.2) is 0 Å². The average molecular weight is 182 g/mol. The number of hydrogen-bond donors (Lipinski definition) is 1. The predicted octanol–water partition coefficient (Wildman–Crippen LogP) is 2.60. The van der Waals surface area contributed by atoms with E-state index in [1.807, 2.05) is 24.3 Å². The fraction of sp³-hybridized carbons (Fsp3) is 0.455. The lowest BCUT2D eigenvalue weighted by Gasteiger charge is -2.04. The Morgan fingerprint density at radius 2 is 1.85 bits per heavy atom. The lowest BCUT2D eigenvalue weighted by Crippen LogP contribution is -1.94. The summed E-state index contributed by atoms with van der Waals surface area (Å²) in [6.07, 6.45) is 1.02. The van der Waals surface area contributed by atoms with Gasteiger partial charge in [-0.15, -0.1) is 0 Å². The topological polar surface area (TPSA) is 29.5 Å². The molecule has 0 aliphatic carbocycles. The standard InChI is InChI=1S/C10H14O2.CH4/c1-2-7-12-10-5-3-9(8-11)4-6-10;/h3-6,11H,2,7-8H2,1H3;1H4. The van der Waals surface area contributed by atoms with E-state index in [9.17, 15) is 0 Å². The van der Waals surface area contributed by atoms with Crippen LogP contribution < -0.4 is 4.74 Å². The van der Waals surface area contributed by atoms with Gasteiger partial charge in [0.1, 0.15) is 5.75 Å². The van der Waals surface area contributed by atoms with Crippen LogP contribution in [0.1, 0.15) is 26.3 Å². The Kier molecular flexibility index (Phi) is 5.98. The van der Waals surface area contributed by atoms with Gasteiger partial charge in [-0.05, 0) is 24.1 Å². The molecule has 0 bridgehead atoms. The minimum atomic E-state index is 0. The second-order valence-electron chi connectivity index (χ2n) is 2.65. The van der Waals surface area contributed by atoms with Crippen LogP contribution in [0.25, 0.3) is 0 Å². The summed E-state index contributed by atoms with van der Waals surface area (Å²) in [6.45, 7) is 2.91. The van der Waals surface area contributed by atoms with Gasteiger partial charge in [0.15, 0.2) is 0 Å². The van der Waals surface area contributed by atoms with E-state index in [2.05, 4.69) is 6.92 Å². The lowest BCUT2D eigenvalue weighted by atomic mass is 10.2. The van der Waals surface area contributed by atoms with E-state index < -0.39 is 0 Å². The number of aliphatic hydroxyl groups excluding tert-OH is 1. The summed E-state index contributed by atoms with van der Waals surface area (Å²) in [6, 6.07) is 7.48. The molecule has 1 N–H and O–H groups in total. The van der Waals surface area contributed by atoms with Crippen molar-refractivity contribution in [1.82, 2.24) is 0 Å². The van der Waals surface area contributed by atoms with E-state index in [1.54, 1.807) is 0 Å². The van der Waals surface area contributed by atoms with Gasteiger partial charge in [0.05, 0.1) is 13.2 Å². The van der Waals surface area contributed by atoms with E-state index in [0.717, 1.165) is 24.3 Å². The van der Waals surface area contributed by atoms with E-state index in [1.165, 1.54) is 0 Å². The monoisotopic (exact) mass is 182 g/mol. The summed E-state index contributed by atoms with van der Waals surface area (Å²) >= 11 is 0. The Labute approximate surface area is 80.2 Å². The quantitative estimate of drug-likeness (QED) is 0.775. The second kappa shape index (κ2) is 6.49. The van der Waals surface area contributed by atoms with Crippen molar-refractivity contribution in [1.29, 1.82) is 0 Å². The van der Waals surface area contributed by atoms with Crippen LogP contribution in [0.3, 0.4) is 0 Å². The van der Waals surface area contributed by atoms with Crippen LogP contribution in [0, 0.1) is 0 Å². The Bertz CT molecular complexity index is 216. The molecule has 0 radical (unpaired) electrons. The highest BCUT2D eigenvalue weighted by Gasteiger charge is 1.92. The molecule has 0 spiro atoms. The number of aliphatic hydroxyl groups is 1. The zero-order chi connectivity index (χ0) is 8.81. The summed E-state index contributed by atoms with van der Waals surface area (Å²) in [5.41, 5.74) is 0.916. The molecule has 0 unspecified atom stereocenters. The minimum absolute atomic E-state index is 0. The lowest BCUT2D eigenvalue weighted by molar-refractivity contribution is 0.281. The van der Waals surface area contributed by atoms with Crippen molar-refractivity contribution in [2.45, 2.75) is 27.4 Å². The van der Waals surface area contributed by atoms with Crippen molar-refractivity contribution in [2.75, 3.05) is 6.61 Å². The van der Waals surface area contributed by atoms with E-state index in [0.29, 0.717) is 0 Å².